The van der Waals surface area contributed by atoms with Crippen LogP contribution < -0.4 is 4.74 Å². The minimum absolute atomic E-state index is 0.0139. The van der Waals surface area contributed by atoms with E-state index in [2.05, 4.69) is 19.1 Å². The molecule has 0 spiro atoms. The Morgan fingerprint density at radius 1 is 0.828 bits per heavy atom. The van der Waals surface area contributed by atoms with E-state index in [1.807, 2.05) is 12.1 Å². The molecular weight excluding hydrogens is 373 g/mol. The zero-order valence-corrected chi connectivity index (χ0v) is 17.2. The molecule has 1 saturated carbocycles. The average molecular weight is 405 g/mol. The van der Waals surface area contributed by atoms with Gasteiger partial charge in [0.05, 0.1) is 0 Å². The molecule has 0 aromatic heterocycles. The topological polar surface area (TPSA) is 9.23 Å². The van der Waals surface area contributed by atoms with Crippen molar-refractivity contribution in [3.8, 4) is 5.75 Å². The lowest BCUT2D eigenvalue weighted by molar-refractivity contribution is 0.250. The Kier molecular flexibility index (Phi) is 8.02. The second kappa shape index (κ2) is 10.7. The highest BCUT2D eigenvalue weighted by Gasteiger charge is 2.20. The van der Waals surface area contributed by atoms with Crippen LogP contribution in [0, 0.1) is 29.3 Å². The Morgan fingerprint density at radius 3 is 1.97 bits per heavy atom. The molecule has 0 N–H and O–H groups in total. The minimum atomic E-state index is -1.48. The Bertz CT molecular complexity index is 741. The first-order valence-corrected chi connectivity index (χ1v) is 10.9. The zero-order chi connectivity index (χ0) is 20.6. The van der Waals surface area contributed by atoms with Crippen LogP contribution in [0.5, 0.6) is 5.75 Å². The highest BCUT2D eigenvalue weighted by molar-refractivity contribution is 5.27. The second-order valence-corrected chi connectivity index (χ2v) is 8.37. The fourth-order valence-corrected chi connectivity index (χ4v) is 4.26. The lowest BCUT2D eigenvalue weighted by Crippen LogP contribution is -2.15. The Balaban J connectivity index is 1.41. The van der Waals surface area contributed by atoms with Gasteiger partial charge in [-0.15, -0.1) is 0 Å². The Morgan fingerprint density at radius 2 is 1.38 bits per heavy atom. The van der Waals surface area contributed by atoms with Crippen LogP contribution in [0.15, 0.2) is 36.4 Å². The van der Waals surface area contributed by atoms with Crippen LogP contribution in [0.1, 0.15) is 69.4 Å². The summed E-state index contributed by atoms with van der Waals surface area (Å²) in [6.45, 7) is 2.46. The summed E-state index contributed by atoms with van der Waals surface area (Å²) in [7, 11) is 0. The smallest absolute Gasteiger partial charge is 0.194 e. The van der Waals surface area contributed by atoms with Crippen molar-refractivity contribution in [2.45, 2.75) is 71.3 Å². The lowest BCUT2D eigenvalue weighted by Gasteiger charge is -2.28. The van der Waals surface area contributed by atoms with E-state index in [-0.39, 0.29) is 12.4 Å². The number of benzene rings is 2. The van der Waals surface area contributed by atoms with Crippen molar-refractivity contribution in [2.24, 2.45) is 11.8 Å². The van der Waals surface area contributed by atoms with Crippen LogP contribution in [0.4, 0.5) is 13.2 Å². The number of halogens is 3. The maximum absolute atomic E-state index is 13.2. The summed E-state index contributed by atoms with van der Waals surface area (Å²) in [6.07, 6.45) is 11.9. The first-order valence-electron chi connectivity index (χ1n) is 10.9. The zero-order valence-electron chi connectivity index (χ0n) is 17.2. The summed E-state index contributed by atoms with van der Waals surface area (Å²) >= 11 is 0. The molecule has 2 aromatic rings. The largest absolute Gasteiger partial charge is 0.489 e. The van der Waals surface area contributed by atoms with E-state index in [9.17, 15) is 13.2 Å². The van der Waals surface area contributed by atoms with Crippen LogP contribution in [-0.2, 0) is 13.0 Å². The van der Waals surface area contributed by atoms with E-state index in [1.165, 1.54) is 56.9 Å². The number of hydrogen-bond donors (Lipinski definition) is 0. The maximum Gasteiger partial charge on any atom is 0.194 e. The van der Waals surface area contributed by atoms with Gasteiger partial charge in [-0.3, -0.25) is 0 Å². The fourth-order valence-electron chi connectivity index (χ4n) is 4.26. The molecule has 1 aliphatic rings. The molecule has 1 fully saturated rings. The second-order valence-electron chi connectivity index (χ2n) is 8.37. The Labute approximate surface area is 172 Å². The van der Waals surface area contributed by atoms with Gasteiger partial charge in [-0.2, -0.15) is 0 Å². The van der Waals surface area contributed by atoms with Gasteiger partial charge in [0.15, 0.2) is 17.5 Å². The summed E-state index contributed by atoms with van der Waals surface area (Å²) in [5.41, 5.74) is 2.22. The van der Waals surface area contributed by atoms with Gasteiger partial charge < -0.3 is 4.74 Å². The molecule has 29 heavy (non-hydrogen) atoms. The SMILES string of the molecule is CCCCC1CCC(CCc2ccc(COc3cc(F)c(F)c(F)c3)cc2)CC1. The third-order valence-electron chi connectivity index (χ3n) is 6.16. The third-order valence-corrected chi connectivity index (χ3v) is 6.16. The summed E-state index contributed by atoms with van der Waals surface area (Å²) in [5.74, 6) is -2.17. The van der Waals surface area contributed by atoms with Crippen molar-refractivity contribution in [1.82, 2.24) is 0 Å². The van der Waals surface area contributed by atoms with Gasteiger partial charge in [0.2, 0.25) is 0 Å². The lowest BCUT2D eigenvalue weighted by atomic mass is 9.78. The van der Waals surface area contributed by atoms with Gasteiger partial charge in [0.1, 0.15) is 12.4 Å². The van der Waals surface area contributed by atoms with Crippen molar-refractivity contribution in [3.63, 3.8) is 0 Å². The van der Waals surface area contributed by atoms with Gasteiger partial charge in [0, 0.05) is 12.1 Å². The molecule has 0 bridgehead atoms. The quantitative estimate of drug-likeness (QED) is 0.391. The van der Waals surface area contributed by atoms with E-state index in [1.54, 1.807) is 0 Å². The minimum Gasteiger partial charge on any atom is -0.489 e. The molecule has 1 aliphatic carbocycles. The summed E-state index contributed by atoms with van der Waals surface area (Å²) < 4.78 is 44.9. The van der Waals surface area contributed by atoms with E-state index in [4.69, 9.17) is 4.74 Å². The molecule has 0 aliphatic heterocycles. The van der Waals surface area contributed by atoms with Crippen LogP contribution >= 0.6 is 0 Å². The van der Waals surface area contributed by atoms with Gasteiger partial charge in [-0.25, -0.2) is 13.2 Å². The van der Waals surface area contributed by atoms with E-state index in [0.29, 0.717) is 0 Å². The molecule has 4 heteroatoms. The molecule has 158 valence electrons. The van der Waals surface area contributed by atoms with Gasteiger partial charge in [0.25, 0.3) is 0 Å². The molecular formula is C25H31F3O. The number of hydrogen-bond acceptors (Lipinski definition) is 1. The molecule has 2 aromatic carbocycles. The number of rotatable bonds is 9. The van der Waals surface area contributed by atoms with Crippen molar-refractivity contribution in [2.75, 3.05) is 0 Å². The number of ether oxygens (including phenoxy) is 1. The first-order chi connectivity index (χ1) is 14.0. The predicted molar refractivity (Wildman–Crippen MR) is 110 cm³/mol. The molecule has 3 rings (SSSR count). The highest BCUT2D eigenvalue weighted by Crippen LogP contribution is 2.34. The van der Waals surface area contributed by atoms with Gasteiger partial charge >= 0.3 is 0 Å². The molecule has 0 atom stereocenters. The molecule has 0 unspecified atom stereocenters. The van der Waals surface area contributed by atoms with E-state index in [0.717, 1.165) is 36.0 Å². The molecule has 0 radical (unpaired) electrons. The predicted octanol–water partition coefficient (Wildman–Crippen LogP) is 7.61. The molecule has 0 heterocycles. The van der Waals surface area contributed by atoms with E-state index >= 15 is 0 Å². The molecule has 0 amide bonds. The number of aryl methyl sites for hydroxylation is 1. The van der Waals surface area contributed by atoms with E-state index < -0.39 is 17.5 Å². The molecule has 0 saturated heterocycles. The van der Waals surface area contributed by atoms with Crippen LogP contribution in [-0.4, -0.2) is 0 Å². The first kappa shape index (κ1) is 21.7. The van der Waals surface area contributed by atoms with Crippen molar-refractivity contribution >= 4 is 0 Å². The normalized spacial score (nSPS) is 19.3. The summed E-state index contributed by atoms with van der Waals surface area (Å²) in [4.78, 5) is 0. The van der Waals surface area contributed by atoms with Gasteiger partial charge in [-0.1, -0.05) is 76.1 Å². The highest BCUT2D eigenvalue weighted by atomic mass is 19.2. The van der Waals surface area contributed by atoms with Gasteiger partial charge in [-0.05, 0) is 35.8 Å². The van der Waals surface area contributed by atoms with Crippen LogP contribution in [0.3, 0.4) is 0 Å². The monoisotopic (exact) mass is 404 g/mol. The third kappa shape index (κ3) is 6.52. The van der Waals surface area contributed by atoms with Crippen molar-refractivity contribution < 1.29 is 17.9 Å². The summed E-state index contributed by atoms with van der Waals surface area (Å²) in [5, 5.41) is 0. The van der Waals surface area contributed by atoms with Crippen molar-refractivity contribution in [3.05, 3.63) is 65.0 Å². The maximum atomic E-state index is 13.2. The Hall–Kier alpha value is -1.97. The average Bonchev–Trinajstić information content (AvgIpc) is 2.74. The summed E-state index contributed by atoms with van der Waals surface area (Å²) in [6, 6.07) is 9.88. The van der Waals surface area contributed by atoms with Crippen LogP contribution in [0.25, 0.3) is 0 Å². The van der Waals surface area contributed by atoms with Crippen molar-refractivity contribution in [1.29, 1.82) is 0 Å². The number of unbranched alkanes of at least 4 members (excludes halogenated alkanes) is 1. The molecule has 1 nitrogen and oxygen atoms in total. The standard InChI is InChI=1S/C25H31F3O/c1-2-3-4-18-5-7-19(8-6-18)9-10-20-11-13-21(14-12-20)17-29-22-15-23(26)25(28)24(27)16-22/h11-16,18-19H,2-10,17H2,1H3. The van der Waals surface area contributed by atoms with Crippen LogP contribution in [0.2, 0.25) is 0 Å². The fraction of sp³-hybridized carbons (Fsp3) is 0.520.